The Labute approximate surface area is 146 Å². The minimum Gasteiger partial charge on any atom is -0.478 e. The molecule has 0 fully saturated rings. The first-order valence-corrected chi connectivity index (χ1v) is 8.22. The van der Waals surface area contributed by atoms with E-state index < -0.39 is 5.97 Å². The summed E-state index contributed by atoms with van der Waals surface area (Å²) in [6.45, 7) is 2.76. The van der Waals surface area contributed by atoms with E-state index in [2.05, 4.69) is 5.32 Å². The molecule has 1 aromatic heterocycles. The Morgan fingerprint density at radius 2 is 1.84 bits per heavy atom. The minimum atomic E-state index is -0.969. The van der Waals surface area contributed by atoms with Gasteiger partial charge >= 0.3 is 5.97 Å². The number of hydrogen-bond donors (Lipinski definition) is 2. The third-order valence-corrected chi connectivity index (χ3v) is 3.95. The molecule has 0 saturated carbocycles. The van der Waals surface area contributed by atoms with E-state index in [4.69, 9.17) is 5.11 Å². The van der Waals surface area contributed by atoms with Crippen LogP contribution in [0.3, 0.4) is 0 Å². The van der Waals surface area contributed by atoms with E-state index in [-0.39, 0.29) is 17.0 Å². The number of aromatic nitrogens is 1. The maximum absolute atomic E-state index is 11.9. The summed E-state index contributed by atoms with van der Waals surface area (Å²) in [5.41, 5.74) is 1.80. The molecular weight excluding hydrogens is 320 g/mol. The molecule has 6 heteroatoms. The molecule has 25 heavy (non-hydrogen) atoms. The average molecular weight is 342 g/mol. The number of carbonyl (C=O) groups excluding carboxylic acids is 1. The highest BCUT2D eigenvalue weighted by atomic mass is 16.4. The molecule has 132 valence electrons. The Hall–Kier alpha value is -2.89. The van der Waals surface area contributed by atoms with E-state index in [1.54, 1.807) is 35.9 Å². The van der Waals surface area contributed by atoms with Gasteiger partial charge in [-0.1, -0.05) is 18.2 Å². The Kier molecular flexibility index (Phi) is 6.51. The topological polar surface area (TPSA) is 88.4 Å². The zero-order valence-corrected chi connectivity index (χ0v) is 14.2. The van der Waals surface area contributed by atoms with Crippen LogP contribution in [-0.4, -0.2) is 21.6 Å². The van der Waals surface area contributed by atoms with Gasteiger partial charge in [0.25, 0.3) is 5.56 Å². The van der Waals surface area contributed by atoms with Gasteiger partial charge in [-0.25, -0.2) is 4.79 Å². The number of hydrogen-bond acceptors (Lipinski definition) is 3. The standard InChI is InChI=1S/C19H22N2O4/c1-14-5-4-12-21(18(14)23)11-3-2-6-17(22)20-13-15-7-9-16(10-8-15)19(24)25/h4-5,7-10,12H,2-3,6,11,13H2,1H3,(H,20,22)(H,24,25). The summed E-state index contributed by atoms with van der Waals surface area (Å²) in [5, 5.41) is 11.6. The van der Waals surface area contributed by atoms with Crippen LogP contribution < -0.4 is 10.9 Å². The van der Waals surface area contributed by atoms with E-state index in [9.17, 15) is 14.4 Å². The monoisotopic (exact) mass is 342 g/mol. The summed E-state index contributed by atoms with van der Waals surface area (Å²) in [7, 11) is 0. The summed E-state index contributed by atoms with van der Waals surface area (Å²) >= 11 is 0. The minimum absolute atomic E-state index is 0.0109. The van der Waals surface area contributed by atoms with Crippen LogP contribution in [-0.2, 0) is 17.9 Å². The van der Waals surface area contributed by atoms with Crippen LogP contribution in [0.1, 0.15) is 40.7 Å². The maximum Gasteiger partial charge on any atom is 0.335 e. The molecule has 2 N–H and O–H groups in total. The second kappa shape index (κ2) is 8.82. The Balaban J connectivity index is 1.69. The lowest BCUT2D eigenvalue weighted by Crippen LogP contribution is -2.23. The van der Waals surface area contributed by atoms with Gasteiger partial charge in [0.1, 0.15) is 0 Å². The van der Waals surface area contributed by atoms with Gasteiger partial charge in [0, 0.05) is 31.3 Å². The Morgan fingerprint density at radius 3 is 2.52 bits per heavy atom. The fourth-order valence-corrected chi connectivity index (χ4v) is 2.45. The number of nitrogens with one attached hydrogen (secondary N) is 1. The molecule has 2 aromatic rings. The molecule has 0 spiro atoms. The highest BCUT2D eigenvalue weighted by molar-refractivity contribution is 5.87. The van der Waals surface area contributed by atoms with E-state index in [1.165, 1.54) is 12.1 Å². The quantitative estimate of drug-likeness (QED) is 0.721. The molecule has 0 aliphatic rings. The van der Waals surface area contributed by atoms with Gasteiger partial charge in [-0.05, 0) is 43.5 Å². The number of rotatable bonds is 8. The lowest BCUT2D eigenvalue weighted by Gasteiger charge is -2.07. The smallest absolute Gasteiger partial charge is 0.335 e. The van der Waals surface area contributed by atoms with Gasteiger partial charge in [-0.15, -0.1) is 0 Å². The first-order chi connectivity index (χ1) is 12.0. The van der Waals surface area contributed by atoms with Crippen LogP contribution in [0.25, 0.3) is 0 Å². The van der Waals surface area contributed by atoms with Gasteiger partial charge < -0.3 is 15.0 Å². The fourth-order valence-electron chi connectivity index (χ4n) is 2.45. The number of benzene rings is 1. The van der Waals surface area contributed by atoms with Crippen molar-refractivity contribution in [3.63, 3.8) is 0 Å². The van der Waals surface area contributed by atoms with Crippen LogP contribution >= 0.6 is 0 Å². The molecule has 1 heterocycles. The number of carboxylic acid groups (broad SMARTS) is 1. The lowest BCUT2D eigenvalue weighted by molar-refractivity contribution is -0.121. The van der Waals surface area contributed by atoms with Crippen LogP contribution in [0.15, 0.2) is 47.4 Å². The molecule has 1 aromatic carbocycles. The van der Waals surface area contributed by atoms with Crippen molar-refractivity contribution >= 4 is 11.9 Å². The predicted octanol–water partition coefficient (Wildman–Crippen LogP) is 2.34. The molecule has 0 unspecified atom stereocenters. The van der Waals surface area contributed by atoms with Crippen molar-refractivity contribution in [2.45, 2.75) is 39.3 Å². The first-order valence-electron chi connectivity index (χ1n) is 8.22. The fraction of sp³-hybridized carbons (Fsp3) is 0.316. The molecule has 1 amide bonds. The Bertz CT molecular complexity index is 794. The van der Waals surface area contributed by atoms with E-state index in [0.717, 1.165) is 12.0 Å². The predicted molar refractivity (Wildman–Crippen MR) is 94.5 cm³/mol. The number of aromatic carboxylic acids is 1. The zero-order chi connectivity index (χ0) is 18.2. The van der Waals surface area contributed by atoms with Gasteiger partial charge in [-0.2, -0.15) is 0 Å². The van der Waals surface area contributed by atoms with E-state index in [1.807, 2.05) is 6.07 Å². The number of unbranched alkanes of at least 4 members (excludes halogenated alkanes) is 1. The second-order valence-corrected chi connectivity index (χ2v) is 5.93. The van der Waals surface area contributed by atoms with Crippen molar-refractivity contribution in [1.82, 2.24) is 9.88 Å². The number of aryl methyl sites for hydroxylation is 2. The van der Waals surface area contributed by atoms with E-state index >= 15 is 0 Å². The maximum atomic E-state index is 11.9. The van der Waals surface area contributed by atoms with Crippen molar-refractivity contribution in [2.75, 3.05) is 0 Å². The van der Waals surface area contributed by atoms with E-state index in [0.29, 0.717) is 31.5 Å². The number of nitrogens with zero attached hydrogens (tertiary/aromatic N) is 1. The average Bonchev–Trinajstić information content (AvgIpc) is 2.60. The first kappa shape index (κ1) is 18.4. The third kappa shape index (κ3) is 5.60. The normalized spacial score (nSPS) is 10.4. The van der Waals surface area contributed by atoms with Crippen molar-refractivity contribution in [3.8, 4) is 0 Å². The number of pyridine rings is 1. The highest BCUT2D eigenvalue weighted by Crippen LogP contribution is 2.05. The van der Waals surface area contributed by atoms with Crippen molar-refractivity contribution in [3.05, 3.63) is 69.6 Å². The number of carboxylic acids is 1. The Morgan fingerprint density at radius 1 is 1.12 bits per heavy atom. The molecule has 0 saturated heterocycles. The summed E-state index contributed by atoms with van der Waals surface area (Å²) in [4.78, 5) is 34.5. The third-order valence-electron chi connectivity index (χ3n) is 3.95. The van der Waals surface area contributed by atoms with Gasteiger partial charge in [0.05, 0.1) is 5.56 Å². The molecule has 0 aliphatic heterocycles. The SMILES string of the molecule is Cc1cccn(CCCCC(=O)NCc2ccc(C(=O)O)cc2)c1=O. The molecule has 2 rings (SSSR count). The van der Waals surface area contributed by atoms with Crippen LogP contribution in [0.2, 0.25) is 0 Å². The molecular formula is C19H22N2O4. The van der Waals surface area contributed by atoms with Gasteiger partial charge in [0.2, 0.25) is 5.91 Å². The van der Waals surface area contributed by atoms with Crippen LogP contribution in [0, 0.1) is 6.92 Å². The largest absolute Gasteiger partial charge is 0.478 e. The zero-order valence-electron chi connectivity index (χ0n) is 14.2. The summed E-state index contributed by atoms with van der Waals surface area (Å²) < 4.78 is 1.66. The van der Waals surface area contributed by atoms with Crippen LogP contribution in [0.4, 0.5) is 0 Å². The molecule has 6 nitrogen and oxygen atoms in total. The molecule has 0 radical (unpaired) electrons. The molecule has 0 atom stereocenters. The summed E-state index contributed by atoms with van der Waals surface area (Å²) in [6, 6.07) is 10.0. The molecule has 0 bridgehead atoms. The van der Waals surface area contributed by atoms with Gasteiger partial charge in [-0.3, -0.25) is 9.59 Å². The number of amides is 1. The van der Waals surface area contributed by atoms with Crippen LogP contribution in [0.5, 0.6) is 0 Å². The second-order valence-electron chi connectivity index (χ2n) is 5.93. The van der Waals surface area contributed by atoms with Crippen molar-refractivity contribution in [2.24, 2.45) is 0 Å². The highest BCUT2D eigenvalue weighted by Gasteiger charge is 2.04. The van der Waals surface area contributed by atoms with Gasteiger partial charge in [0.15, 0.2) is 0 Å². The summed E-state index contributed by atoms with van der Waals surface area (Å²) in [6.07, 6.45) is 3.61. The number of carbonyl (C=O) groups is 2. The molecule has 0 aliphatic carbocycles. The lowest BCUT2D eigenvalue weighted by atomic mass is 10.1. The van der Waals surface area contributed by atoms with Crippen molar-refractivity contribution in [1.29, 1.82) is 0 Å². The van der Waals surface area contributed by atoms with Crippen molar-refractivity contribution < 1.29 is 14.7 Å². The summed E-state index contributed by atoms with van der Waals surface area (Å²) in [5.74, 6) is -1.03.